The molecule has 0 spiro atoms. The smallest absolute Gasteiger partial charge is 0.335 e. The van der Waals surface area contributed by atoms with Gasteiger partial charge in [0.15, 0.2) is 0 Å². The van der Waals surface area contributed by atoms with Crippen molar-refractivity contribution in [2.24, 2.45) is 0 Å². The summed E-state index contributed by atoms with van der Waals surface area (Å²) in [6.45, 7) is 0.664. The molecular weight excluding hydrogens is 278 g/mol. The average Bonchev–Trinajstić information content (AvgIpc) is 2.42. The molecule has 4 nitrogen and oxygen atoms in total. The lowest BCUT2D eigenvalue weighted by Gasteiger charge is -2.09. The van der Waals surface area contributed by atoms with Crippen molar-refractivity contribution in [3.8, 4) is 5.75 Å². The zero-order valence-corrected chi connectivity index (χ0v) is 11.4. The number of phenols is 1. The van der Waals surface area contributed by atoms with Gasteiger partial charge in [-0.25, -0.2) is 4.79 Å². The van der Waals surface area contributed by atoms with Gasteiger partial charge in [0.2, 0.25) is 0 Å². The number of nitrogens with one attached hydrogen (secondary N) is 1. The molecule has 0 unspecified atom stereocenters. The van der Waals surface area contributed by atoms with Crippen molar-refractivity contribution in [2.45, 2.75) is 6.42 Å². The number of benzene rings is 2. The van der Waals surface area contributed by atoms with Crippen LogP contribution in [0, 0.1) is 0 Å². The topological polar surface area (TPSA) is 69.6 Å². The molecule has 3 N–H and O–H groups in total. The molecule has 0 aliphatic carbocycles. The van der Waals surface area contributed by atoms with Crippen LogP contribution in [0.25, 0.3) is 0 Å². The first-order valence-corrected chi connectivity index (χ1v) is 6.48. The van der Waals surface area contributed by atoms with E-state index in [2.05, 4.69) is 5.32 Å². The molecule has 0 atom stereocenters. The molecule has 0 radical (unpaired) electrons. The quantitative estimate of drug-likeness (QED) is 0.790. The van der Waals surface area contributed by atoms with Gasteiger partial charge in [-0.3, -0.25) is 0 Å². The number of carbonyl (C=O) groups is 1. The Bertz CT molecular complexity index is 611. The summed E-state index contributed by atoms with van der Waals surface area (Å²) in [5.74, 6) is -0.753. The lowest BCUT2D eigenvalue weighted by atomic mass is 10.1. The van der Waals surface area contributed by atoms with Crippen LogP contribution in [-0.2, 0) is 6.42 Å². The Morgan fingerprint density at radius 2 is 1.85 bits per heavy atom. The van der Waals surface area contributed by atoms with E-state index in [1.165, 1.54) is 12.1 Å². The first kappa shape index (κ1) is 14.2. The van der Waals surface area contributed by atoms with Gasteiger partial charge >= 0.3 is 5.97 Å². The molecule has 5 heteroatoms. The van der Waals surface area contributed by atoms with Crippen LogP contribution in [0.5, 0.6) is 5.75 Å². The van der Waals surface area contributed by atoms with Gasteiger partial charge in [0.1, 0.15) is 5.75 Å². The highest BCUT2D eigenvalue weighted by molar-refractivity contribution is 6.33. The second-order valence-electron chi connectivity index (χ2n) is 4.34. The fraction of sp³-hybridized carbons (Fsp3) is 0.133. The Morgan fingerprint density at radius 1 is 1.15 bits per heavy atom. The lowest BCUT2D eigenvalue weighted by molar-refractivity contribution is 0.0697. The summed E-state index contributed by atoms with van der Waals surface area (Å²) < 4.78 is 0. The van der Waals surface area contributed by atoms with Crippen molar-refractivity contribution in [1.82, 2.24) is 0 Å². The average molecular weight is 292 g/mol. The third kappa shape index (κ3) is 3.65. The summed E-state index contributed by atoms with van der Waals surface area (Å²) in [6.07, 6.45) is 0.775. The Labute approximate surface area is 121 Å². The van der Waals surface area contributed by atoms with E-state index in [1.807, 2.05) is 12.1 Å². The minimum absolute atomic E-state index is 0.166. The van der Waals surface area contributed by atoms with Crippen LogP contribution in [0.1, 0.15) is 15.9 Å². The molecule has 0 aromatic heterocycles. The van der Waals surface area contributed by atoms with Gasteiger partial charge in [0.05, 0.1) is 16.3 Å². The lowest BCUT2D eigenvalue weighted by Crippen LogP contribution is -2.06. The van der Waals surface area contributed by atoms with Crippen LogP contribution in [-0.4, -0.2) is 22.7 Å². The van der Waals surface area contributed by atoms with Crippen LogP contribution in [0.15, 0.2) is 42.5 Å². The summed E-state index contributed by atoms with van der Waals surface area (Å²) in [5, 5.41) is 21.6. The van der Waals surface area contributed by atoms with E-state index < -0.39 is 5.97 Å². The van der Waals surface area contributed by atoms with Crippen LogP contribution in [0.4, 0.5) is 5.69 Å². The van der Waals surface area contributed by atoms with Gasteiger partial charge in [-0.2, -0.15) is 0 Å². The number of anilines is 1. The molecule has 0 saturated heterocycles. The number of hydrogen-bond acceptors (Lipinski definition) is 3. The van der Waals surface area contributed by atoms with Crippen LogP contribution in [0.3, 0.4) is 0 Å². The number of aromatic carboxylic acids is 1. The predicted octanol–water partition coefficient (Wildman–Crippen LogP) is 3.40. The summed E-state index contributed by atoms with van der Waals surface area (Å²) in [5.41, 5.74) is 1.96. The molecule has 0 amide bonds. The van der Waals surface area contributed by atoms with Crippen molar-refractivity contribution >= 4 is 23.3 Å². The Balaban J connectivity index is 1.94. The van der Waals surface area contributed by atoms with E-state index in [4.69, 9.17) is 16.7 Å². The van der Waals surface area contributed by atoms with Gasteiger partial charge in [0.25, 0.3) is 0 Å². The minimum atomic E-state index is -0.998. The van der Waals surface area contributed by atoms with E-state index in [0.29, 0.717) is 17.3 Å². The largest absolute Gasteiger partial charge is 0.508 e. The van der Waals surface area contributed by atoms with Crippen molar-refractivity contribution in [2.75, 3.05) is 11.9 Å². The first-order valence-electron chi connectivity index (χ1n) is 6.11. The highest BCUT2D eigenvalue weighted by Gasteiger charge is 2.06. The highest BCUT2D eigenvalue weighted by Crippen LogP contribution is 2.23. The fourth-order valence-electron chi connectivity index (χ4n) is 1.80. The van der Waals surface area contributed by atoms with Gasteiger partial charge in [0, 0.05) is 6.54 Å². The van der Waals surface area contributed by atoms with Gasteiger partial charge in [-0.1, -0.05) is 23.7 Å². The van der Waals surface area contributed by atoms with Gasteiger partial charge < -0.3 is 15.5 Å². The molecule has 2 aromatic carbocycles. The molecule has 0 fully saturated rings. The Hall–Kier alpha value is -2.20. The van der Waals surface area contributed by atoms with Crippen LogP contribution in [0.2, 0.25) is 5.02 Å². The summed E-state index contributed by atoms with van der Waals surface area (Å²) in [4.78, 5) is 10.8. The third-order valence-corrected chi connectivity index (χ3v) is 3.19. The van der Waals surface area contributed by atoms with Crippen molar-refractivity contribution in [3.05, 3.63) is 58.6 Å². The highest BCUT2D eigenvalue weighted by atomic mass is 35.5. The summed E-state index contributed by atoms with van der Waals surface area (Å²) in [6, 6.07) is 11.6. The second kappa shape index (κ2) is 6.30. The van der Waals surface area contributed by atoms with E-state index in [0.717, 1.165) is 12.0 Å². The maximum Gasteiger partial charge on any atom is 0.335 e. The number of rotatable bonds is 5. The van der Waals surface area contributed by atoms with Gasteiger partial charge in [-0.05, 0) is 42.3 Å². The maximum absolute atomic E-state index is 10.8. The number of hydrogen-bond donors (Lipinski definition) is 3. The molecule has 2 aromatic rings. The molecular formula is C15H14ClNO3. The van der Waals surface area contributed by atoms with Crippen LogP contribution >= 0.6 is 11.6 Å². The number of phenolic OH excluding ortho intramolecular Hbond substituents is 1. The Morgan fingerprint density at radius 3 is 2.45 bits per heavy atom. The van der Waals surface area contributed by atoms with E-state index in [-0.39, 0.29) is 11.3 Å². The van der Waals surface area contributed by atoms with Gasteiger partial charge in [-0.15, -0.1) is 0 Å². The Kier molecular flexibility index (Phi) is 4.48. The zero-order valence-electron chi connectivity index (χ0n) is 10.6. The first-order chi connectivity index (χ1) is 9.56. The second-order valence-corrected chi connectivity index (χ2v) is 4.75. The standard InChI is InChI=1S/C15H14ClNO3/c16-13-9-11(15(19)20)3-6-14(13)17-8-7-10-1-4-12(18)5-2-10/h1-6,9,17-18H,7-8H2,(H,19,20). The molecule has 0 bridgehead atoms. The molecule has 20 heavy (non-hydrogen) atoms. The van der Waals surface area contributed by atoms with E-state index >= 15 is 0 Å². The number of halogens is 1. The monoisotopic (exact) mass is 291 g/mol. The fourth-order valence-corrected chi connectivity index (χ4v) is 2.04. The molecule has 0 heterocycles. The third-order valence-electron chi connectivity index (χ3n) is 2.88. The number of aromatic hydroxyl groups is 1. The summed E-state index contributed by atoms with van der Waals surface area (Å²) >= 11 is 6.02. The molecule has 0 aliphatic heterocycles. The van der Waals surface area contributed by atoms with Crippen LogP contribution < -0.4 is 5.32 Å². The van der Waals surface area contributed by atoms with E-state index in [9.17, 15) is 9.90 Å². The molecule has 2 rings (SSSR count). The zero-order chi connectivity index (χ0) is 14.5. The molecule has 0 aliphatic rings. The number of carboxylic acid groups (broad SMARTS) is 1. The predicted molar refractivity (Wildman–Crippen MR) is 78.7 cm³/mol. The molecule has 104 valence electrons. The molecule has 0 saturated carbocycles. The number of carboxylic acids is 1. The van der Waals surface area contributed by atoms with Crippen molar-refractivity contribution in [1.29, 1.82) is 0 Å². The minimum Gasteiger partial charge on any atom is -0.508 e. The maximum atomic E-state index is 10.8. The van der Waals surface area contributed by atoms with E-state index in [1.54, 1.807) is 18.2 Å². The van der Waals surface area contributed by atoms with Crippen molar-refractivity contribution < 1.29 is 15.0 Å². The SMILES string of the molecule is O=C(O)c1ccc(NCCc2ccc(O)cc2)c(Cl)c1. The van der Waals surface area contributed by atoms with Crippen molar-refractivity contribution in [3.63, 3.8) is 0 Å². The summed E-state index contributed by atoms with van der Waals surface area (Å²) in [7, 11) is 0. The normalized spacial score (nSPS) is 10.2.